The molecule has 2 heterocycles. The Balaban J connectivity index is 1.53. The number of carbonyl (C=O) groups is 3. The highest BCUT2D eigenvalue weighted by Gasteiger charge is 2.35. The molecule has 164 valence electrons. The van der Waals surface area contributed by atoms with Gasteiger partial charge in [0.1, 0.15) is 10.0 Å². The van der Waals surface area contributed by atoms with E-state index in [0.29, 0.717) is 11.8 Å². The highest BCUT2D eigenvalue weighted by atomic mass is 32.2. The highest BCUT2D eigenvalue weighted by Crippen LogP contribution is 2.32. The van der Waals surface area contributed by atoms with E-state index in [1.165, 1.54) is 37.4 Å². The van der Waals surface area contributed by atoms with Crippen LogP contribution in [-0.4, -0.2) is 61.4 Å². The average Bonchev–Trinajstić information content (AvgIpc) is 3.35. The van der Waals surface area contributed by atoms with Crippen LogP contribution in [0.1, 0.15) is 5.56 Å². The van der Waals surface area contributed by atoms with Crippen molar-refractivity contribution in [1.82, 2.24) is 14.5 Å². The van der Waals surface area contributed by atoms with Crippen LogP contribution in [-0.2, 0) is 19.6 Å². The molecule has 1 aliphatic heterocycles. The lowest BCUT2D eigenvalue weighted by molar-refractivity contribution is -0.124. The van der Waals surface area contributed by atoms with Gasteiger partial charge in [-0.1, -0.05) is 24.3 Å². The van der Waals surface area contributed by atoms with Crippen LogP contribution < -0.4 is 5.32 Å². The second-order valence-electron chi connectivity index (χ2n) is 6.40. The monoisotopic (exact) mass is 483 g/mol. The first kappa shape index (κ1) is 23.1. The zero-order valence-electron chi connectivity index (χ0n) is 16.3. The molecule has 0 atom stereocenters. The molecular weight excluding hydrogens is 465 g/mol. The van der Waals surface area contributed by atoms with Gasteiger partial charge < -0.3 is 5.32 Å². The predicted molar refractivity (Wildman–Crippen MR) is 116 cm³/mol. The standard InChI is InChI=1S/C19H18FN3O5S3/c1-22(31(27,28)17-7-4-10-29-17)12-16(24)21-8-9-23-18(25)15(30-19(23)26)11-13-5-2-3-6-14(13)20/h2-7,10-11H,8-9,12H2,1H3,(H,21,24)/b15-11-. The van der Waals surface area contributed by atoms with Crippen molar-refractivity contribution >= 4 is 56.3 Å². The molecule has 2 aromatic rings. The molecule has 1 N–H and O–H groups in total. The molecule has 8 nitrogen and oxygen atoms in total. The number of carbonyl (C=O) groups excluding carboxylic acids is 3. The van der Waals surface area contributed by atoms with Crippen LogP contribution in [0.4, 0.5) is 9.18 Å². The molecule has 0 radical (unpaired) electrons. The number of imide groups is 1. The SMILES string of the molecule is CN(CC(=O)NCCN1C(=O)S/C(=C\c2ccccc2F)C1=O)S(=O)(=O)c1cccs1. The third-order valence-electron chi connectivity index (χ3n) is 4.25. The minimum absolute atomic E-state index is 0.0449. The first-order valence-electron chi connectivity index (χ1n) is 8.96. The summed E-state index contributed by atoms with van der Waals surface area (Å²) in [7, 11) is -2.47. The highest BCUT2D eigenvalue weighted by molar-refractivity contribution is 8.18. The van der Waals surface area contributed by atoms with Gasteiger partial charge in [-0.2, -0.15) is 4.31 Å². The van der Waals surface area contributed by atoms with Crippen molar-refractivity contribution in [3.63, 3.8) is 0 Å². The number of thioether (sulfide) groups is 1. The van der Waals surface area contributed by atoms with Gasteiger partial charge in [-0.25, -0.2) is 12.8 Å². The maximum atomic E-state index is 13.8. The molecule has 12 heteroatoms. The molecular formula is C19H18FN3O5S3. The summed E-state index contributed by atoms with van der Waals surface area (Å²) >= 11 is 1.74. The van der Waals surface area contributed by atoms with Gasteiger partial charge in [-0.05, 0) is 35.4 Å². The Hall–Kier alpha value is -2.54. The smallest absolute Gasteiger partial charge is 0.293 e. The first-order valence-corrected chi connectivity index (χ1v) is 12.1. The van der Waals surface area contributed by atoms with Crippen LogP contribution in [0.15, 0.2) is 50.9 Å². The summed E-state index contributed by atoms with van der Waals surface area (Å²) < 4.78 is 39.5. The van der Waals surface area contributed by atoms with Crippen LogP contribution >= 0.6 is 23.1 Å². The van der Waals surface area contributed by atoms with Gasteiger partial charge in [0.05, 0.1) is 11.4 Å². The van der Waals surface area contributed by atoms with Crippen molar-refractivity contribution in [3.8, 4) is 0 Å². The fourth-order valence-electron chi connectivity index (χ4n) is 2.64. The topological polar surface area (TPSA) is 104 Å². The van der Waals surface area contributed by atoms with Crippen molar-refractivity contribution < 1.29 is 27.2 Å². The Morgan fingerprint density at radius 3 is 2.65 bits per heavy atom. The maximum Gasteiger partial charge on any atom is 0.293 e. The number of rotatable bonds is 8. The van der Waals surface area contributed by atoms with Crippen molar-refractivity contribution in [2.75, 3.05) is 26.7 Å². The zero-order valence-corrected chi connectivity index (χ0v) is 18.7. The predicted octanol–water partition coefficient (Wildman–Crippen LogP) is 2.36. The minimum Gasteiger partial charge on any atom is -0.353 e. The molecule has 1 aromatic heterocycles. The van der Waals surface area contributed by atoms with Gasteiger partial charge >= 0.3 is 0 Å². The van der Waals surface area contributed by atoms with Crippen LogP contribution in [0, 0.1) is 5.82 Å². The Morgan fingerprint density at radius 1 is 1.23 bits per heavy atom. The molecule has 1 aromatic carbocycles. The van der Waals surface area contributed by atoms with Crippen LogP contribution in [0.5, 0.6) is 0 Å². The molecule has 0 unspecified atom stereocenters. The van der Waals surface area contributed by atoms with E-state index < -0.39 is 39.4 Å². The number of nitrogens with one attached hydrogen (secondary N) is 1. The number of benzene rings is 1. The van der Waals surface area contributed by atoms with Crippen LogP contribution in [0.3, 0.4) is 0 Å². The molecule has 3 rings (SSSR count). The molecule has 0 aliphatic carbocycles. The lowest BCUT2D eigenvalue weighted by atomic mass is 10.2. The molecule has 1 saturated heterocycles. The second-order valence-corrected chi connectivity index (χ2v) is 10.6. The van der Waals surface area contributed by atoms with Crippen LogP contribution in [0.25, 0.3) is 6.08 Å². The summed E-state index contributed by atoms with van der Waals surface area (Å²) in [5.41, 5.74) is 0.191. The van der Waals surface area contributed by atoms with Gasteiger partial charge in [0.25, 0.3) is 21.2 Å². The fraction of sp³-hybridized carbons (Fsp3) is 0.211. The van der Waals surface area contributed by atoms with E-state index in [4.69, 9.17) is 0 Å². The van der Waals surface area contributed by atoms with Crippen LogP contribution in [0.2, 0.25) is 0 Å². The zero-order chi connectivity index (χ0) is 22.6. The maximum absolute atomic E-state index is 13.8. The van der Waals surface area contributed by atoms with E-state index in [1.54, 1.807) is 17.5 Å². The molecule has 1 aliphatic rings. The quantitative estimate of drug-likeness (QED) is 0.578. The fourth-order valence-corrected chi connectivity index (χ4v) is 5.82. The lowest BCUT2D eigenvalue weighted by Gasteiger charge is -2.17. The van der Waals surface area contributed by atoms with Gasteiger partial charge in [-0.3, -0.25) is 19.3 Å². The Labute approximate surface area is 186 Å². The lowest BCUT2D eigenvalue weighted by Crippen LogP contribution is -2.42. The van der Waals surface area contributed by atoms with E-state index in [0.717, 1.165) is 20.5 Å². The number of nitrogens with zero attached hydrogens (tertiary/aromatic N) is 2. The molecule has 0 spiro atoms. The van der Waals surface area contributed by atoms with E-state index in [2.05, 4.69) is 5.32 Å². The van der Waals surface area contributed by atoms with Crippen molar-refractivity contribution in [2.45, 2.75) is 4.21 Å². The van der Waals surface area contributed by atoms with Crippen molar-refractivity contribution in [1.29, 1.82) is 0 Å². The number of thiophene rings is 1. The van der Waals surface area contributed by atoms with Crippen molar-refractivity contribution in [3.05, 3.63) is 58.1 Å². The number of hydrogen-bond acceptors (Lipinski definition) is 7. The number of likely N-dealkylation sites (N-methyl/N-ethyl adjacent to an activating group) is 1. The number of sulfonamides is 1. The van der Waals surface area contributed by atoms with Gasteiger partial charge in [0.15, 0.2) is 0 Å². The van der Waals surface area contributed by atoms with E-state index >= 15 is 0 Å². The van der Waals surface area contributed by atoms with E-state index in [9.17, 15) is 27.2 Å². The third-order valence-corrected chi connectivity index (χ3v) is 8.33. The van der Waals surface area contributed by atoms with Crippen molar-refractivity contribution in [2.24, 2.45) is 0 Å². The summed E-state index contributed by atoms with van der Waals surface area (Å²) in [6, 6.07) is 8.92. The molecule has 31 heavy (non-hydrogen) atoms. The van der Waals surface area contributed by atoms with E-state index in [1.807, 2.05) is 0 Å². The Bertz CT molecular complexity index is 1130. The van der Waals surface area contributed by atoms with E-state index in [-0.39, 0.29) is 27.8 Å². The molecule has 1 fully saturated rings. The normalized spacial score (nSPS) is 15.8. The molecule has 0 saturated carbocycles. The number of hydrogen-bond donors (Lipinski definition) is 1. The Morgan fingerprint density at radius 2 is 1.97 bits per heavy atom. The Kier molecular flexibility index (Phi) is 7.26. The second kappa shape index (κ2) is 9.73. The van der Waals surface area contributed by atoms with Gasteiger partial charge in [0, 0.05) is 25.7 Å². The summed E-state index contributed by atoms with van der Waals surface area (Å²) in [6.07, 6.45) is 1.31. The summed E-state index contributed by atoms with van der Waals surface area (Å²) in [5.74, 6) is -1.66. The first-order chi connectivity index (χ1) is 14.7. The summed E-state index contributed by atoms with van der Waals surface area (Å²) in [5, 5.41) is 3.59. The molecule has 3 amide bonds. The summed E-state index contributed by atoms with van der Waals surface area (Å²) in [4.78, 5) is 37.7. The minimum atomic E-state index is -3.76. The summed E-state index contributed by atoms with van der Waals surface area (Å²) in [6.45, 7) is -0.543. The third kappa shape index (κ3) is 5.39. The largest absolute Gasteiger partial charge is 0.353 e. The number of halogens is 1. The van der Waals surface area contributed by atoms with Gasteiger partial charge in [0.2, 0.25) is 5.91 Å². The average molecular weight is 484 g/mol. The molecule has 0 bridgehead atoms. The number of amides is 3. The van der Waals surface area contributed by atoms with Gasteiger partial charge in [-0.15, -0.1) is 11.3 Å².